The molecule has 0 unspecified atom stereocenters. The second kappa shape index (κ2) is 4.69. The summed E-state index contributed by atoms with van der Waals surface area (Å²) in [7, 11) is 0. The monoisotopic (exact) mass is 257 g/mol. The number of carbonyl (C=O) groups is 1. The van der Waals surface area contributed by atoms with Crippen LogP contribution in [-0.4, -0.2) is 37.6 Å². The maximum atomic E-state index is 11.3. The number of hydrogen-bond acceptors (Lipinski definition) is 6. The van der Waals surface area contributed by atoms with Gasteiger partial charge >= 0.3 is 5.97 Å². The molecule has 0 bridgehead atoms. The molecule has 0 saturated heterocycles. The van der Waals surface area contributed by atoms with Crippen LogP contribution in [0.2, 0.25) is 0 Å². The second-order valence-electron chi connectivity index (χ2n) is 4.15. The molecule has 2 aromatic rings. The third-order valence-electron chi connectivity index (χ3n) is 2.95. The number of aromatic nitrogens is 4. The Hall–Kier alpha value is -2.41. The molecule has 2 N–H and O–H groups in total. The van der Waals surface area contributed by atoms with Gasteiger partial charge in [-0.3, -0.25) is 0 Å². The summed E-state index contributed by atoms with van der Waals surface area (Å²) in [6.07, 6.45) is 3.66. The Morgan fingerprint density at radius 2 is 2.26 bits per heavy atom. The van der Waals surface area contributed by atoms with Gasteiger partial charge in [0.05, 0.1) is 5.69 Å². The molecule has 3 heterocycles. The van der Waals surface area contributed by atoms with Crippen LogP contribution in [0.25, 0.3) is 11.5 Å². The van der Waals surface area contributed by atoms with Crippen LogP contribution in [0.1, 0.15) is 21.7 Å². The van der Waals surface area contributed by atoms with Crippen LogP contribution in [0.5, 0.6) is 0 Å². The molecule has 0 aliphatic carbocycles. The Kier molecular flexibility index (Phi) is 2.88. The first kappa shape index (κ1) is 11.7. The minimum Gasteiger partial charge on any atom is -0.476 e. The topological polar surface area (TPSA) is 101 Å². The van der Waals surface area contributed by atoms with Gasteiger partial charge in [-0.15, -0.1) is 0 Å². The van der Waals surface area contributed by atoms with E-state index in [-0.39, 0.29) is 5.69 Å². The van der Waals surface area contributed by atoms with E-state index in [0.29, 0.717) is 30.0 Å². The number of carboxylic acids is 1. The lowest BCUT2D eigenvalue weighted by atomic mass is 10.0. The van der Waals surface area contributed by atoms with Gasteiger partial charge in [-0.2, -0.15) is 0 Å². The van der Waals surface area contributed by atoms with Crippen molar-refractivity contribution in [1.82, 2.24) is 25.3 Å². The predicted octanol–water partition coefficient (Wildman–Crippen LogP) is 0.277. The number of nitrogens with zero attached hydrogens (tertiary/aromatic N) is 4. The molecule has 1 aliphatic heterocycles. The molecule has 96 valence electrons. The zero-order chi connectivity index (χ0) is 13.2. The summed E-state index contributed by atoms with van der Waals surface area (Å²) in [4.78, 5) is 27.7. The summed E-state index contributed by atoms with van der Waals surface area (Å²) >= 11 is 0. The van der Waals surface area contributed by atoms with E-state index in [0.717, 1.165) is 12.2 Å². The molecular weight excluding hydrogens is 246 g/mol. The minimum absolute atomic E-state index is 0.0470. The standard InChI is InChI=1S/C12H11N5O2/c18-12(19)10-7-5-13-3-1-8(7)16-11(17-10)9-2-4-14-6-15-9/h2,4,6,13H,1,3,5H2,(H,18,19). The number of carboxylic acid groups (broad SMARTS) is 1. The number of hydrogen-bond donors (Lipinski definition) is 2. The molecule has 0 fully saturated rings. The average Bonchev–Trinajstić information content (AvgIpc) is 2.47. The fraction of sp³-hybridized carbons (Fsp3) is 0.250. The van der Waals surface area contributed by atoms with Crippen molar-refractivity contribution in [3.8, 4) is 11.5 Å². The summed E-state index contributed by atoms with van der Waals surface area (Å²) in [6, 6.07) is 1.66. The molecule has 0 atom stereocenters. The SMILES string of the molecule is O=C(O)c1nc(-c2ccncn2)nc2c1CNCC2. The molecule has 7 nitrogen and oxygen atoms in total. The lowest BCUT2D eigenvalue weighted by Crippen LogP contribution is -2.28. The summed E-state index contributed by atoms with van der Waals surface area (Å²) in [5.74, 6) is -0.710. The van der Waals surface area contributed by atoms with Crippen LogP contribution in [0.3, 0.4) is 0 Å². The van der Waals surface area contributed by atoms with Crippen molar-refractivity contribution in [2.45, 2.75) is 13.0 Å². The Morgan fingerprint density at radius 1 is 1.37 bits per heavy atom. The maximum Gasteiger partial charge on any atom is 0.354 e. The maximum absolute atomic E-state index is 11.3. The highest BCUT2D eigenvalue weighted by Crippen LogP contribution is 2.20. The highest BCUT2D eigenvalue weighted by Gasteiger charge is 2.22. The fourth-order valence-electron chi connectivity index (χ4n) is 2.06. The number of rotatable bonds is 2. The van der Waals surface area contributed by atoms with Crippen molar-refractivity contribution in [3.63, 3.8) is 0 Å². The Balaban J connectivity index is 2.17. The fourth-order valence-corrected chi connectivity index (χ4v) is 2.06. The quantitative estimate of drug-likeness (QED) is 0.796. The van der Waals surface area contributed by atoms with Crippen LogP contribution in [-0.2, 0) is 13.0 Å². The molecule has 2 aromatic heterocycles. The second-order valence-corrected chi connectivity index (χ2v) is 4.15. The summed E-state index contributed by atoms with van der Waals surface area (Å²) in [5, 5.41) is 12.4. The molecule has 0 aromatic carbocycles. The first-order chi connectivity index (χ1) is 9.25. The lowest BCUT2D eigenvalue weighted by Gasteiger charge is -2.18. The molecular formula is C12H11N5O2. The summed E-state index contributed by atoms with van der Waals surface area (Å²) < 4.78 is 0. The Bertz CT molecular complexity index is 630. The van der Waals surface area contributed by atoms with Crippen molar-refractivity contribution < 1.29 is 9.90 Å². The third kappa shape index (κ3) is 2.15. The molecule has 0 amide bonds. The van der Waals surface area contributed by atoms with Crippen LogP contribution in [0, 0.1) is 0 Å². The van der Waals surface area contributed by atoms with Gasteiger partial charge in [-0.05, 0) is 6.07 Å². The van der Waals surface area contributed by atoms with Crippen LogP contribution in [0.4, 0.5) is 0 Å². The van der Waals surface area contributed by atoms with E-state index in [1.807, 2.05) is 0 Å². The van der Waals surface area contributed by atoms with Gasteiger partial charge in [0, 0.05) is 31.3 Å². The Labute approximate surface area is 108 Å². The molecule has 0 spiro atoms. The first-order valence-electron chi connectivity index (χ1n) is 5.86. The van der Waals surface area contributed by atoms with Crippen LogP contribution < -0.4 is 5.32 Å². The molecule has 7 heteroatoms. The molecule has 1 aliphatic rings. The predicted molar refractivity (Wildman–Crippen MR) is 65.4 cm³/mol. The van der Waals surface area contributed by atoms with E-state index in [1.54, 1.807) is 12.3 Å². The van der Waals surface area contributed by atoms with Crippen LogP contribution >= 0.6 is 0 Å². The van der Waals surface area contributed by atoms with Gasteiger partial charge < -0.3 is 10.4 Å². The van der Waals surface area contributed by atoms with Crippen molar-refractivity contribution in [2.75, 3.05) is 6.54 Å². The van der Waals surface area contributed by atoms with Gasteiger partial charge in [0.15, 0.2) is 11.5 Å². The largest absolute Gasteiger partial charge is 0.476 e. The van der Waals surface area contributed by atoms with Gasteiger partial charge in [0.25, 0.3) is 0 Å². The van der Waals surface area contributed by atoms with Crippen molar-refractivity contribution in [2.24, 2.45) is 0 Å². The number of aromatic carboxylic acids is 1. The molecule has 0 radical (unpaired) electrons. The van der Waals surface area contributed by atoms with E-state index in [9.17, 15) is 9.90 Å². The number of fused-ring (bicyclic) bond motifs is 1. The van der Waals surface area contributed by atoms with E-state index in [2.05, 4.69) is 25.3 Å². The average molecular weight is 257 g/mol. The van der Waals surface area contributed by atoms with Gasteiger partial charge in [-0.25, -0.2) is 24.7 Å². The highest BCUT2D eigenvalue weighted by molar-refractivity contribution is 5.88. The zero-order valence-corrected chi connectivity index (χ0v) is 10.00. The van der Waals surface area contributed by atoms with Crippen LogP contribution in [0.15, 0.2) is 18.6 Å². The van der Waals surface area contributed by atoms with Gasteiger partial charge in [0.1, 0.15) is 12.0 Å². The molecule has 19 heavy (non-hydrogen) atoms. The zero-order valence-electron chi connectivity index (χ0n) is 10.00. The van der Waals surface area contributed by atoms with Crippen molar-refractivity contribution in [3.05, 3.63) is 35.5 Å². The minimum atomic E-state index is -1.04. The molecule has 0 saturated carbocycles. The highest BCUT2D eigenvalue weighted by atomic mass is 16.4. The Morgan fingerprint density at radius 3 is 3.00 bits per heavy atom. The smallest absolute Gasteiger partial charge is 0.354 e. The summed E-state index contributed by atoms with van der Waals surface area (Å²) in [5.41, 5.74) is 2.01. The normalized spacial score (nSPS) is 13.9. The van der Waals surface area contributed by atoms with Crippen molar-refractivity contribution in [1.29, 1.82) is 0 Å². The number of nitrogens with one attached hydrogen (secondary N) is 1. The van der Waals surface area contributed by atoms with E-state index in [1.165, 1.54) is 6.33 Å². The van der Waals surface area contributed by atoms with Crippen molar-refractivity contribution >= 4 is 5.97 Å². The van der Waals surface area contributed by atoms with E-state index >= 15 is 0 Å². The van der Waals surface area contributed by atoms with Gasteiger partial charge in [-0.1, -0.05) is 0 Å². The lowest BCUT2D eigenvalue weighted by molar-refractivity contribution is 0.0688. The first-order valence-corrected chi connectivity index (χ1v) is 5.86. The molecule has 3 rings (SSSR count). The van der Waals surface area contributed by atoms with E-state index < -0.39 is 5.97 Å². The summed E-state index contributed by atoms with van der Waals surface area (Å²) in [6.45, 7) is 1.27. The van der Waals surface area contributed by atoms with E-state index in [4.69, 9.17) is 0 Å². The third-order valence-corrected chi connectivity index (χ3v) is 2.95. The van der Waals surface area contributed by atoms with Gasteiger partial charge in [0.2, 0.25) is 0 Å².